The molecule has 2 rings (SSSR count). The summed E-state index contributed by atoms with van der Waals surface area (Å²) in [5.74, 6) is 1.08. The van der Waals surface area contributed by atoms with Gasteiger partial charge in [0.15, 0.2) is 5.96 Å². The Bertz CT molecular complexity index is 354. The highest BCUT2D eigenvalue weighted by atomic mass is 16.2. The van der Waals surface area contributed by atoms with Crippen molar-refractivity contribution in [2.75, 3.05) is 27.7 Å². The highest BCUT2D eigenvalue weighted by Crippen LogP contribution is 2.38. The average Bonchev–Trinajstić information content (AvgIpc) is 3.09. The van der Waals surface area contributed by atoms with Crippen molar-refractivity contribution in [3.63, 3.8) is 0 Å². The molecule has 0 aromatic heterocycles. The van der Waals surface area contributed by atoms with E-state index in [1.165, 1.54) is 12.8 Å². The SMILES string of the molecule is CN=C(NCC1(C(=O)N(C)C)CCCC1)NC1CC1. The Morgan fingerprint density at radius 1 is 1.32 bits per heavy atom. The van der Waals surface area contributed by atoms with E-state index in [1.54, 1.807) is 11.9 Å². The van der Waals surface area contributed by atoms with Gasteiger partial charge in [-0.15, -0.1) is 0 Å². The van der Waals surface area contributed by atoms with Gasteiger partial charge in [0.05, 0.1) is 5.41 Å². The second kappa shape index (κ2) is 5.80. The van der Waals surface area contributed by atoms with Crippen LogP contribution >= 0.6 is 0 Å². The third-order valence-corrected chi connectivity index (χ3v) is 4.16. The van der Waals surface area contributed by atoms with E-state index in [0.29, 0.717) is 12.6 Å². The fourth-order valence-corrected chi connectivity index (χ4v) is 2.86. The van der Waals surface area contributed by atoms with Crippen molar-refractivity contribution in [3.8, 4) is 0 Å². The van der Waals surface area contributed by atoms with Crippen molar-refractivity contribution in [2.45, 2.75) is 44.6 Å². The summed E-state index contributed by atoms with van der Waals surface area (Å²) in [5.41, 5.74) is -0.231. The molecule has 0 heterocycles. The van der Waals surface area contributed by atoms with Gasteiger partial charge in [-0.3, -0.25) is 9.79 Å². The van der Waals surface area contributed by atoms with Crippen molar-refractivity contribution < 1.29 is 4.79 Å². The molecule has 2 fully saturated rings. The first-order chi connectivity index (χ1) is 9.07. The predicted molar refractivity (Wildman–Crippen MR) is 77.1 cm³/mol. The summed E-state index contributed by atoms with van der Waals surface area (Å²) in [5, 5.41) is 6.71. The Hall–Kier alpha value is -1.26. The molecule has 0 saturated heterocycles. The molecule has 0 atom stereocenters. The fourth-order valence-electron chi connectivity index (χ4n) is 2.86. The molecule has 19 heavy (non-hydrogen) atoms. The van der Waals surface area contributed by atoms with E-state index >= 15 is 0 Å². The van der Waals surface area contributed by atoms with Crippen molar-refractivity contribution in [1.29, 1.82) is 0 Å². The topological polar surface area (TPSA) is 56.7 Å². The molecule has 1 amide bonds. The van der Waals surface area contributed by atoms with Gasteiger partial charge in [-0.05, 0) is 25.7 Å². The molecule has 108 valence electrons. The van der Waals surface area contributed by atoms with Gasteiger partial charge in [0, 0.05) is 33.7 Å². The zero-order valence-corrected chi connectivity index (χ0v) is 12.3. The highest BCUT2D eigenvalue weighted by Gasteiger charge is 2.42. The van der Waals surface area contributed by atoms with Crippen LogP contribution in [0.1, 0.15) is 38.5 Å². The Labute approximate surface area is 115 Å². The lowest BCUT2D eigenvalue weighted by Gasteiger charge is -2.31. The van der Waals surface area contributed by atoms with Crippen LogP contribution in [-0.4, -0.2) is 50.5 Å². The average molecular weight is 266 g/mol. The smallest absolute Gasteiger partial charge is 0.230 e. The van der Waals surface area contributed by atoms with Crippen LogP contribution in [0.2, 0.25) is 0 Å². The second-order valence-electron chi connectivity index (χ2n) is 6.03. The summed E-state index contributed by atoms with van der Waals surface area (Å²) in [6, 6.07) is 0.579. The number of carbonyl (C=O) groups excluding carboxylic acids is 1. The quantitative estimate of drug-likeness (QED) is 0.589. The number of nitrogens with one attached hydrogen (secondary N) is 2. The van der Waals surface area contributed by atoms with E-state index < -0.39 is 0 Å². The van der Waals surface area contributed by atoms with Gasteiger partial charge in [0.25, 0.3) is 0 Å². The summed E-state index contributed by atoms with van der Waals surface area (Å²) >= 11 is 0. The maximum atomic E-state index is 12.4. The standard InChI is InChI=1S/C14H26N4O/c1-15-13(17-11-6-7-11)16-10-14(8-4-5-9-14)12(19)18(2)3/h11H,4-10H2,1-3H3,(H2,15,16,17). The normalized spacial score (nSPS) is 22.2. The van der Waals surface area contributed by atoms with Gasteiger partial charge in [-0.2, -0.15) is 0 Å². The number of nitrogens with zero attached hydrogens (tertiary/aromatic N) is 2. The lowest BCUT2D eigenvalue weighted by atomic mass is 9.84. The molecule has 0 unspecified atom stereocenters. The maximum absolute atomic E-state index is 12.4. The highest BCUT2D eigenvalue weighted by molar-refractivity contribution is 5.85. The minimum absolute atomic E-state index is 0.231. The van der Waals surface area contributed by atoms with E-state index in [4.69, 9.17) is 0 Å². The van der Waals surface area contributed by atoms with Gasteiger partial charge in [0.1, 0.15) is 0 Å². The van der Waals surface area contributed by atoms with Crippen LogP contribution in [0.3, 0.4) is 0 Å². The third kappa shape index (κ3) is 3.39. The van der Waals surface area contributed by atoms with E-state index in [9.17, 15) is 4.79 Å². The summed E-state index contributed by atoms with van der Waals surface area (Å²) in [6.07, 6.45) is 6.71. The number of hydrogen-bond donors (Lipinski definition) is 2. The molecular formula is C14H26N4O. The lowest BCUT2D eigenvalue weighted by Crippen LogP contribution is -2.49. The van der Waals surface area contributed by atoms with E-state index in [0.717, 1.165) is 31.6 Å². The van der Waals surface area contributed by atoms with Crippen molar-refractivity contribution >= 4 is 11.9 Å². The molecule has 0 aliphatic heterocycles. The second-order valence-corrected chi connectivity index (χ2v) is 6.03. The number of carbonyl (C=O) groups is 1. The number of guanidine groups is 1. The number of aliphatic imine (C=N–C) groups is 1. The molecule has 5 nitrogen and oxygen atoms in total. The fraction of sp³-hybridized carbons (Fsp3) is 0.857. The van der Waals surface area contributed by atoms with E-state index in [1.807, 2.05) is 14.1 Å². The molecule has 0 radical (unpaired) electrons. The zero-order valence-electron chi connectivity index (χ0n) is 12.3. The summed E-state index contributed by atoms with van der Waals surface area (Å²) in [4.78, 5) is 18.4. The number of hydrogen-bond acceptors (Lipinski definition) is 2. The van der Waals surface area contributed by atoms with Gasteiger partial charge >= 0.3 is 0 Å². The minimum Gasteiger partial charge on any atom is -0.355 e. The van der Waals surface area contributed by atoms with E-state index in [-0.39, 0.29) is 11.3 Å². The third-order valence-electron chi connectivity index (χ3n) is 4.16. The number of rotatable bonds is 4. The Balaban J connectivity index is 1.94. The van der Waals surface area contributed by atoms with Crippen LogP contribution in [0.25, 0.3) is 0 Å². The van der Waals surface area contributed by atoms with Crippen LogP contribution in [0, 0.1) is 5.41 Å². The molecule has 2 aliphatic rings. The van der Waals surface area contributed by atoms with Gasteiger partial charge in [0.2, 0.25) is 5.91 Å². The molecule has 2 aliphatic carbocycles. The summed E-state index contributed by atoms with van der Waals surface area (Å²) in [6.45, 7) is 0.691. The molecule has 0 spiro atoms. The lowest BCUT2D eigenvalue weighted by molar-refractivity contribution is -0.138. The van der Waals surface area contributed by atoms with Gasteiger partial charge in [-0.25, -0.2) is 0 Å². The molecular weight excluding hydrogens is 240 g/mol. The molecule has 2 N–H and O–H groups in total. The first kappa shape index (κ1) is 14.2. The van der Waals surface area contributed by atoms with Crippen molar-refractivity contribution in [1.82, 2.24) is 15.5 Å². The van der Waals surface area contributed by atoms with Crippen LogP contribution < -0.4 is 10.6 Å². The minimum atomic E-state index is -0.231. The van der Waals surface area contributed by atoms with Gasteiger partial charge < -0.3 is 15.5 Å². The first-order valence-corrected chi connectivity index (χ1v) is 7.26. The van der Waals surface area contributed by atoms with Gasteiger partial charge in [-0.1, -0.05) is 12.8 Å². The zero-order chi connectivity index (χ0) is 13.9. The van der Waals surface area contributed by atoms with E-state index in [2.05, 4.69) is 15.6 Å². The Kier molecular flexibility index (Phi) is 4.32. The summed E-state index contributed by atoms with van der Waals surface area (Å²) < 4.78 is 0. The Morgan fingerprint density at radius 3 is 2.42 bits per heavy atom. The molecule has 0 aromatic rings. The van der Waals surface area contributed by atoms with Crippen LogP contribution in [0.4, 0.5) is 0 Å². The molecule has 0 bridgehead atoms. The van der Waals surface area contributed by atoms with Crippen LogP contribution in [-0.2, 0) is 4.79 Å². The summed E-state index contributed by atoms with van der Waals surface area (Å²) in [7, 11) is 5.48. The van der Waals surface area contributed by atoms with Crippen molar-refractivity contribution in [2.24, 2.45) is 10.4 Å². The molecule has 2 saturated carbocycles. The van der Waals surface area contributed by atoms with Crippen LogP contribution in [0.5, 0.6) is 0 Å². The predicted octanol–water partition coefficient (Wildman–Crippen LogP) is 0.962. The first-order valence-electron chi connectivity index (χ1n) is 7.26. The monoisotopic (exact) mass is 266 g/mol. The molecule has 0 aromatic carbocycles. The largest absolute Gasteiger partial charge is 0.355 e. The van der Waals surface area contributed by atoms with Crippen molar-refractivity contribution in [3.05, 3.63) is 0 Å². The van der Waals surface area contributed by atoms with Crippen LogP contribution in [0.15, 0.2) is 4.99 Å². The molecule has 5 heteroatoms. The Morgan fingerprint density at radius 2 is 1.95 bits per heavy atom. The number of amides is 1. The maximum Gasteiger partial charge on any atom is 0.230 e.